The van der Waals surface area contributed by atoms with Crippen molar-refractivity contribution in [2.45, 2.75) is 32.2 Å². The topological polar surface area (TPSA) is 44.5 Å². The molecule has 3 nitrogen and oxygen atoms in total. The van der Waals surface area contributed by atoms with Crippen molar-refractivity contribution in [2.75, 3.05) is 13.7 Å². The lowest BCUT2D eigenvalue weighted by atomic mass is 10.1. The third-order valence-corrected chi connectivity index (χ3v) is 3.40. The highest BCUT2D eigenvalue weighted by atomic mass is 35.5. The maximum absolute atomic E-state index is 6.24. The van der Waals surface area contributed by atoms with Crippen LogP contribution in [0.15, 0.2) is 12.1 Å². The molecule has 1 aromatic carbocycles. The first-order valence-electron chi connectivity index (χ1n) is 6.35. The van der Waals surface area contributed by atoms with E-state index < -0.39 is 0 Å². The fourth-order valence-corrected chi connectivity index (χ4v) is 2.08. The molecule has 2 N–H and O–H groups in total. The molecule has 2 rings (SSSR count). The van der Waals surface area contributed by atoms with Crippen molar-refractivity contribution >= 4 is 11.6 Å². The van der Waals surface area contributed by atoms with E-state index in [1.165, 1.54) is 12.8 Å². The van der Waals surface area contributed by atoms with E-state index in [1.54, 1.807) is 7.11 Å². The van der Waals surface area contributed by atoms with Crippen molar-refractivity contribution < 1.29 is 9.47 Å². The lowest BCUT2D eigenvalue weighted by Crippen LogP contribution is -2.18. The predicted octanol–water partition coefficient (Wildman–Crippen LogP) is 3.03. The standard InChI is InChI=1S/C14H20ClNO2/c1-9(16)5-11-6-13(17-2)14(7-12(11)15)18-8-10-3-4-10/h6-7,9-10H,3-5,8,16H2,1-2H3. The molecule has 18 heavy (non-hydrogen) atoms. The third-order valence-electron chi connectivity index (χ3n) is 3.05. The number of halogens is 1. The molecular formula is C14H20ClNO2. The van der Waals surface area contributed by atoms with Gasteiger partial charge in [-0.05, 0) is 43.7 Å². The van der Waals surface area contributed by atoms with Crippen LogP contribution in [0.3, 0.4) is 0 Å². The minimum Gasteiger partial charge on any atom is -0.493 e. The Morgan fingerprint density at radius 1 is 1.39 bits per heavy atom. The molecule has 1 saturated carbocycles. The first kappa shape index (κ1) is 13.5. The Morgan fingerprint density at radius 2 is 2.11 bits per heavy atom. The molecule has 0 aliphatic heterocycles. The normalized spacial score (nSPS) is 16.4. The summed E-state index contributed by atoms with van der Waals surface area (Å²) in [4.78, 5) is 0. The molecule has 0 aromatic heterocycles. The van der Waals surface area contributed by atoms with Crippen LogP contribution in [0, 0.1) is 5.92 Å². The Labute approximate surface area is 113 Å². The molecule has 100 valence electrons. The quantitative estimate of drug-likeness (QED) is 0.863. The smallest absolute Gasteiger partial charge is 0.162 e. The molecule has 0 heterocycles. The van der Waals surface area contributed by atoms with Crippen LogP contribution in [-0.4, -0.2) is 19.8 Å². The van der Waals surface area contributed by atoms with Crippen LogP contribution < -0.4 is 15.2 Å². The predicted molar refractivity (Wildman–Crippen MR) is 73.6 cm³/mol. The minimum absolute atomic E-state index is 0.0745. The number of hydrogen-bond donors (Lipinski definition) is 1. The van der Waals surface area contributed by atoms with Gasteiger partial charge < -0.3 is 15.2 Å². The van der Waals surface area contributed by atoms with Gasteiger partial charge in [0, 0.05) is 17.1 Å². The van der Waals surface area contributed by atoms with Crippen LogP contribution in [0.25, 0.3) is 0 Å². The Bertz CT molecular complexity index is 417. The zero-order valence-corrected chi connectivity index (χ0v) is 11.7. The van der Waals surface area contributed by atoms with Gasteiger partial charge in [0.2, 0.25) is 0 Å². The molecule has 0 spiro atoms. The number of hydrogen-bond acceptors (Lipinski definition) is 3. The fourth-order valence-electron chi connectivity index (χ4n) is 1.85. The van der Waals surface area contributed by atoms with Crippen molar-refractivity contribution in [2.24, 2.45) is 11.7 Å². The molecule has 4 heteroatoms. The molecule has 0 saturated heterocycles. The van der Waals surface area contributed by atoms with Gasteiger partial charge in [0.05, 0.1) is 13.7 Å². The van der Waals surface area contributed by atoms with Crippen LogP contribution in [0.1, 0.15) is 25.3 Å². The van der Waals surface area contributed by atoms with E-state index in [9.17, 15) is 0 Å². The van der Waals surface area contributed by atoms with Gasteiger partial charge in [0.15, 0.2) is 11.5 Å². The average molecular weight is 270 g/mol. The number of ether oxygens (including phenoxy) is 2. The van der Waals surface area contributed by atoms with E-state index in [0.29, 0.717) is 10.9 Å². The summed E-state index contributed by atoms with van der Waals surface area (Å²) in [6.45, 7) is 2.71. The monoisotopic (exact) mass is 269 g/mol. The second-order valence-corrected chi connectivity index (χ2v) is 5.44. The highest BCUT2D eigenvalue weighted by molar-refractivity contribution is 6.31. The van der Waals surface area contributed by atoms with Gasteiger partial charge >= 0.3 is 0 Å². The molecule has 0 amide bonds. The second-order valence-electron chi connectivity index (χ2n) is 5.03. The lowest BCUT2D eigenvalue weighted by molar-refractivity contribution is 0.280. The summed E-state index contributed by atoms with van der Waals surface area (Å²) in [5, 5.41) is 0.693. The van der Waals surface area contributed by atoms with E-state index >= 15 is 0 Å². The number of nitrogens with two attached hydrogens (primary N) is 1. The van der Waals surface area contributed by atoms with Crippen molar-refractivity contribution in [1.29, 1.82) is 0 Å². The Morgan fingerprint density at radius 3 is 2.67 bits per heavy atom. The van der Waals surface area contributed by atoms with E-state index in [-0.39, 0.29) is 6.04 Å². The summed E-state index contributed by atoms with van der Waals surface area (Å²) in [6.07, 6.45) is 3.26. The largest absolute Gasteiger partial charge is 0.493 e. The molecule has 0 radical (unpaired) electrons. The molecule has 1 aromatic rings. The van der Waals surface area contributed by atoms with Crippen molar-refractivity contribution in [3.63, 3.8) is 0 Å². The maximum Gasteiger partial charge on any atom is 0.162 e. The molecule has 1 unspecified atom stereocenters. The molecular weight excluding hydrogens is 250 g/mol. The van der Waals surface area contributed by atoms with Crippen LogP contribution in [-0.2, 0) is 6.42 Å². The molecule has 1 aliphatic rings. The zero-order chi connectivity index (χ0) is 13.1. The van der Waals surface area contributed by atoms with E-state index in [4.69, 9.17) is 26.8 Å². The lowest BCUT2D eigenvalue weighted by Gasteiger charge is -2.14. The van der Waals surface area contributed by atoms with Gasteiger partial charge in [0.1, 0.15) is 0 Å². The van der Waals surface area contributed by atoms with Crippen molar-refractivity contribution in [3.8, 4) is 11.5 Å². The fraction of sp³-hybridized carbons (Fsp3) is 0.571. The van der Waals surface area contributed by atoms with Gasteiger partial charge in [-0.3, -0.25) is 0 Å². The average Bonchev–Trinajstić information content (AvgIpc) is 3.12. The number of rotatable bonds is 6. The van der Waals surface area contributed by atoms with Crippen molar-refractivity contribution in [3.05, 3.63) is 22.7 Å². The summed E-state index contributed by atoms with van der Waals surface area (Å²) in [7, 11) is 1.64. The SMILES string of the molecule is COc1cc(CC(C)N)c(Cl)cc1OCC1CC1. The highest BCUT2D eigenvalue weighted by Gasteiger charge is 2.23. The van der Waals surface area contributed by atoms with Crippen molar-refractivity contribution in [1.82, 2.24) is 0 Å². The first-order valence-corrected chi connectivity index (χ1v) is 6.72. The highest BCUT2D eigenvalue weighted by Crippen LogP contribution is 2.36. The Balaban J connectivity index is 2.15. The van der Waals surface area contributed by atoms with Crippen LogP contribution in [0.4, 0.5) is 0 Å². The van der Waals surface area contributed by atoms with Gasteiger partial charge in [-0.25, -0.2) is 0 Å². The summed E-state index contributed by atoms with van der Waals surface area (Å²) in [5.41, 5.74) is 6.80. The first-order chi connectivity index (χ1) is 8.60. The number of benzene rings is 1. The zero-order valence-electron chi connectivity index (χ0n) is 10.9. The third kappa shape index (κ3) is 3.53. The van der Waals surface area contributed by atoms with Gasteiger partial charge in [-0.1, -0.05) is 11.6 Å². The molecule has 1 fully saturated rings. The maximum atomic E-state index is 6.24. The Kier molecular flexibility index (Phi) is 4.36. The van der Waals surface area contributed by atoms with Crippen LogP contribution in [0.2, 0.25) is 5.02 Å². The molecule has 1 aliphatic carbocycles. The van der Waals surface area contributed by atoms with Crippen LogP contribution >= 0.6 is 11.6 Å². The number of methoxy groups -OCH3 is 1. The summed E-state index contributed by atoms with van der Waals surface area (Å²) in [5.74, 6) is 2.16. The minimum atomic E-state index is 0.0745. The molecule has 1 atom stereocenters. The van der Waals surface area contributed by atoms with Gasteiger partial charge in [0.25, 0.3) is 0 Å². The van der Waals surface area contributed by atoms with E-state index in [0.717, 1.165) is 30.1 Å². The summed E-state index contributed by atoms with van der Waals surface area (Å²) < 4.78 is 11.1. The van der Waals surface area contributed by atoms with E-state index in [2.05, 4.69) is 0 Å². The second kappa shape index (κ2) is 5.81. The summed E-state index contributed by atoms with van der Waals surface area (Å²) >= 11 is 6.24. The molecule has 0 bridgehead atoms. The van der Waals surface area contributed by atoms with Gasteiger partial charge in [-0.15, -0.1) is 0 Å². The summed E-state index contributed by atoms with van der Waals surface area (Å²) in [6, 6.07) is 3.83. The van der Waals surface area contributed by atoms with Gasteiger partial charge in [-0.2, -0.15) is 0 Å². The Hall–Kier alpha value is -0.930. The van der Waals surface area contributed by atoms with Crippen LogP contribution in [0.5, 0.6) is 11.5 Å². The van der Waals surface area contributed by atoms with E-state index in [1.807, 2.05) is 19.1 Å².